The van der Waals surface area contributed by atoms with Gasteiger partial charge in [0.05, 0.1) is 6.20 Å². The van der Waals surface area contributed by atoms with E-state index in [0.717, 1.165) is 31.4 Å². The fourth-order valence-corrected chi connectivity index (χ4v) is 3.54. The molecule has 1 aliphatic rings. The largest absolute Gasteiger partial charge is 0.379 e. The molecule has 1 aliphatic heterocycles. The summed E-state index contributed by atoms with van der Waals surface area (Å²) < 4.78 is 1.74. The van der Waals surface area contributed by atoms with Crippen LogP contribution in [0, 0.1) is 0 Å². The average molecular weight is 356 g/mol. The molecular weight excluding hydrogens is 328 g/mol. The monoisotopic (exact) mass is 356 g/mol. The summed E-state index contributed by atoms with van der Waals surface area (Å²) >= 11 is 0. The number of piperidine rings is 1. The van der Waals surface area contributed by atoms with Crippen molar-refractivity contribution in [2.45, 2.75) is 37.8 Å². The van der Waals surface area contributed by atoms with E-state index >= 15 is 0 Å². The first kappa shape index (κ1) is 18.6. The molecule has 3 rings (SSSR count). The molecule has 2 aromatic rings. The van der Waals surface area contributed by atoms with E-state index in [2.05, 4.69) is 22.5 Å². The summed E-state index contributed by atoms with van der Waals surface area (Å²) in [6, 6.07) is 10.3. The second kappa shape index (κ2) is 8.47. The number of hydrogen-bond acceptors (Lipinski definition) is 4. The van der Waals surface area contributed by atoms with Gasteiger partial charge in [-0.25, -0.2) is 0 Å². The van der Waals surface area contributed by atoms with Crippen molar-refractivity contribution in [3.05, 3.63) is 53.9 Å². The van der Waals surface area contributed by atoms with E-state index in [1.165, 1.54) is 5.56 Å². The number of aliphatic hydroxyl groups is 1. The summed E-state index contributed by atoms with van der Waals surface area (Å²) in [7, 11) is 1.87. The minimum absolute atomic E-state index is 0.143. The molecule has 0 bridgehead atoms. The highest BCUT2D eigenvalue weighted by Gasteiger charge is 2.41. The quantitative estimate of drug-likeness (QED) is 0.752. The second-order valence-electron chi connectivity index (χ2n) is 7.14. The summed E-state index contributed by atoms with van der Waals surface area (Å²) in [4.78, 5) is 14.6. The zero-order valence-electron chi connectivity index (χ0n) is 15.4. The van der Waals surface area contributed by atoms with Gasteiger partial charge in [0.2, 0.25) is 0 Å². The fraction of sp³-hybridized carbons (Fsp3) is 0.500. The van der Waals surface area contributed by atoms with Gasteiger partial charge in [-0.2, -0.15) is 5.10 Å². The van der Waals surface area contributed by atoms with Gasteiger partial charge in [-0.05, 0) is 31.2 Å². The number of carbonyl (C=O) groups excluding carboxylic acids is 1. The highest BCUT2D eigenvalue weighted by molar-refractivity contribution is 5.86. The van der Waals surface area contributed by atoms with E-state index in [9.17, 15) is 9.90 Å². The predicted molar refractivity (Wildman–Crippen MR) is 100 cm³/mol. The summed E-state index contributed by atoms with van der Waals surface area (Å²) in [6.07, 6.45) is 6.92. The van der Waals surface area contributed by atoms with Crippen LogP contribution in [0.5, 0.6) is 0 Å². The third-order valence-corrected chi connectivity index (χ3v) is 4.94. The molecule has 0 aliphatic carbocycles. The van der Waals surface area contributed by atoms with Crippen LogP contribution >= 0.6 is 0 Å². The molecule has 2 N–H and O–H groups in total. The van der Waals surface area contributed by atoms with Crippen molar-refractivity contribution in [3.8, 4) is 0 Å². The normalized spacial score (nSPS) is 20.5. The molecule has 1 saturated heterocycles. The highest BCUT2D eigenvalue weighted by Crippen LogP contribution is 2.22. The standard InChI is InChI=1S/C20H28N4O2/c1-23-15-18(14-22-23)13-21-16-20(26)10-6-12-24(19(20)25)11-5-9-17-7-3-2-4-8-17/h2-4,7-8,14-15,21,26H,5-6,9-13,16H2,1H3. The van der Waals surface area contributed by atoms with Crippen molar-refractivity contribution in [2.75, 3.05) is 19.6 Å². The number of carbonyl (C=O) groups is 1. The van der Waals surface area contributed by atoms with Crippen molar-refractivity contribution in [3.63, 3.8) is 0 Å². The van der Waals surface area contributed by atoms with Gasteiger partial charge >= 0.3 is 0 Å². The Balaban J connectivity index is 1.47. The predicted octanol–water partition coefficient (Wildman–Crippen LogP) is 1.50. The molecular formula is C20H28N4O2. The first-order chi connectivity index (χ1) is 12.6. The first-order valence-corrected chi connectivity index (χ1v) is 9.31. The van der Waals surface area contributed by atoms with Crippen LogP contribution in [0.2, 0.25) is 0 Å². The van der Waals surface area contributed by atoms with Crippen molar-refractivity contribution in [1.29, 1.82) is 0 Å². The maximum atomic E-state index is 12.8. The zero-order valence-corrected chi connectivity index (χ0v) is 15.4. The van der Waals surface area contributed by atoms with E-state index in [0.29, 0.717) is 19.5 Å². The second-order valence-corrected chi connectivity index (χ2v) is 7.14. The van der Waals surface area contributed by atoms with E-state index < -0.39 is 5.60 Å². The molecule has 6 nitrogen and oxygen atoms in total. The molecule has 1 unspecified atom stereocenters. The Morgan fingerprint density at radius 3 is 2.81 bits per heavy atom. The van der Waals surface area contributed by atoms with Crippen LogP contribution in [0.4, 0.5) is 0 Å². The molecule has 1 aromatic carbocycles. The van der Waals surface area contributed by atoms with Gasteiger partial charge in [0, 0.05) is 45.0 Å². The molecule has 0 spiro atoms. The Morgan fingerprint density at radius 1 is 1.27 bits per heavy atom. The van der Waals surface area contributed by atoms with Gasteiger partial charge in [-0.1, -0.05) is 30.3 Å². The molecule has 1 fully saturated rings. The van der Waals surface area contributed by atoms with Crippen molar-refractivity contribution in [2.24, 2.45) is 7.05 Å². The molecule has 0 saturated carbocycles. The van der Waals surface area contributed by atoms with Crippen LogP contribution in [-0.2, 0) is 24.8 Å². The number of aromatic nitrogens is 2. The molecule has 6 heteroatoms. The lowest BCUT2D eigenvalue weighted by atomic mass is 9.91. The van der Waals surface area contributed by atoms with Crippen molar-refractivity contribution >= 4 is 5.91 Å². The van der Waals surface area contributed by atoms with Gasteiger partial charge in [-0.3, -0.25) is 9.48 Å². The molecule has 1 atom stereocenters. The molecule has 0 radical (unpaired) electrons. The number of benzene rings is 1. The number of amides is 1. The minimum Gasteiger partial charge on any atom is -0.379 e. The molecule has 140 valence electrons. The van der Waals surface area contributed by atoms with E-state index in [1.807, 2.05) is 36.3 Å². The third kappa shape index (κ3) is 4.71. The number of likely N-dealkylation sites (tertiary alicyclic amines) is 1. The molecule has 26 heavy (non-hydrogen) atoms. The van der Waals surface area contributed by atoms with Crippen molar-refractivity contribution in [1.82, 2.24) is 20.0 Å². The Morgan fingerprint density at radius 2 is 2.08 bits per heavy atom. The maximum absolute atomic E-state index is 12.8. The zero-order chi connectivity index (χ0) is 18.4. The van der Waals surface area contributed by atoms with Crippen molar-refractivity contribution < 1.29 is 9.90 Å². The number of rotatable bonds is 8. The molecule has 2 heterocycles. The van der Waals surface area contributed by atoms with Gasteiger partial charge in [-0.15, -0.1) is 0 Å². The smallest absolute Gasteiger partial charge is 0.255 e. The third-order valence-electron chi connectivity index (χ3n) is 4.94. The Kier molecular flexibility index (Phi) is 6.06. The summed E-state index contributed by atoms with van der Waals surface area (Å²) in [5.41, 5.74) is 1.03. The number of nitrogens with one attached hydrogen (secondary N) is 1. The lowest BCUT2D eigenvalue weighted by Gasteiger charge is -2.38. The topological polar surface area (TPSA) is 70.4 Å². The van der Waals surface area contributed by atoms with Gasteiger partial charge < -0.3 is 15.3 Å². The Labute approximate surface area is 154 Å². The number of aryl methyl sites for hydroxylation is 2. The summed E-state index contributed by atoms with van der Waals surface area (Å²) in [6.45, 7) is 2.30. The van der Waals surface area contributed by atoms with Crippen LogP contribution in [0.15, 0.2) is 42.7 Å². The van der Waals surface area contributed by atoms with Crippen LogP contribution in [-0.4, -0.2) is 50.9 Å². The highest BCUT2D eigenvalue weighted by atomic mass is 16.3. The minimum atomic E-state index is -1.30. The van der Waals surface area contributed by atoms with Crippen LogP contribution in [0.1, 0.15) is 30.4 Å². The van der Waals surface area contributed by atoms with Gasteiger partial charge in [0.25, 0.3) is 5.91 Å². The van der Waals surface area contributed by atoms with Gasteiger partial charge in [0.1, 0.15) is 0 Å². The van der Waals surface area contributed by atoms with Crippen LogP contribution in [0.25, 0.3) is 0 Å². The summed E-state index contributed by atoms with van der Waals surface area (Å²) in [5, 5.41) is 18.2. The fourth-order valence-electron chi connectivity index (χ4n) is 3.54. The Bertz CT molecular complexity index is 716. The number of nitrogens with zero attached hydrogens (tertiary/aromatic N) is 3. The van der Waals surface area contributed by atoms with E-state index in [1.54, 1.807) is 10.9 Å². The first-order valence-electron chi connectivity index (χ1n) is 9.31. The van der Waals surface area contributed by atoms with E-state index in [-0.39, 0.29) is 12.5 Å². The van der Waals surface area contributed by atoms with E-state index in [4.69, 9.17) is 0 Å². The summed E-state index contributed by atoms with van der Waals surface area (Å²) in [5.74, 6) is -0.143. The maximum Gasteiger partial charge on any atom is 0.255 e. The Hall–Kier alpha value is -2.18. The molecule has 1 amide bonds. The SMILES string of the molecule is Cn1cc(CNCC2(O)CCCN(CCCc3ccccc3)C2=O)cn1. The van der Waals surface area contributed by atoms with Gasteiger partial charge in [0.15, 0.2) is 5.60 Å². The lowest BCUT2D eigenvalue weighted by Crippen LogP contribution is -2.58. The average Bonchev–Trinajstić information content (AvgIpc) is 3.05. The number of hydrogen-bond donors (Lipinski definition) is 2. The molecule has 1 aromatic heterocycles. The van der Waals surface area contributed by atoms with Crippen LogP contribution in [0.3, 0.4) is 0 Å². The van der Waals surface area contributed by atoms with Crippen LogP contribution < -0.4 is 5.32 Å². The lowest BCUT2D eigenvalue weighted by molar-refractivity contribution is -0.156.